The molecule has 0 radical (unpaired) electrons. The monoisotopic (exact) mass is 292 g/mol. The first-order valence-corrected chi connectivity index (χ1v) is 6.93. The van der Waals surface area contributed by atoms with Crippen LogP contribution in [-0.4, -0.2) is 43.6 Å². The number of likely N-dealkylation sites (N-methyl/N-ethyl adjacent to an activating group) is 1. The van der Waals surface area contributed by atoms with E-state index in [1.807, 2.05) is 11.9 Å². The first-order chi connectivity index (χ1) is 10.0. The van der Waals surface area contributed by atoms with Crippen LogP contribution < -0.4 is 10.5 Å². The predicted octanol–water partition coefficient (Wildman–Crippen LogP) is 1.45. The molecule has 1 aromatic carbocycles. The molecule has 0 amide bonds. The summed E-state index contributed by atoms with van der Waals surface area (Å²) in [6.07, 6.45) is 2.86. The van der Waals surface area contributed by atoms with Gasteiger partial charge in [0.05, 0.1) is 18.4 Å². The van der Waals surface area contributed by atoms with Crippen LogP contribution in [0.2, 0.25) is 0 Å². The summed E-state index contributed by atoms with van der Waals surface area (Å²) in [5.41, 5.74) is 6.20. The highest BCUT2D eigenvalue weighted by Crippen LogP contribution is 2.27. The molecule has 21 heavy (non-hydrogen) atoms. The molecule has 1 aliphatic heterocycles. The van der Waals surface area contributed by atoms with Gasteiger partial charge in [0.2, 0.25) is 0 Å². The van der Waals surface area contributed by atoms with Crippen molar-refractivity contribution >= 4 is 17.6 Å². The normalized spacial score (nSPS) is 19.0. The van der Waals surface area contributed by atoms with Gasteiger partial charge >= 0.3 is 11.9 Å². The molecule has 1 atom stereocenters. The molecule has 114 valence electrons. The van der Waals surface area contributed by atoms with E-state index in [-0.39, 0.29) is 29.0 Å². The predicted molar refractivity (Wildman–Crippen MR) is 78.1 cm³/mol. The summed E-state index contributed by atoms with van der Waals surface area (Å²) < 4.78 is 10.0. The second-order valence-electron chi connectivity index (χ2n) is 5.12. The SMILES string of the molecule is COC(=O)c1cccc(OC(=O)C2CCCCN2C)c1N. The highest BCUT2D eigenvalue weighted by Gasteiger charge is 2.28. The number of esters is 2. The van der Waals surface area contributed by atoms with Gasteiger partial charge in [-0.05, 0) is 38.6 Å². The lowest BCUT2D eigenvalue weighted by molar-refractivity contribution is -0.141. The van der Waals surface area contributed by atoms with Crippen LogP contribution >= 0.6 is 0 Å². The number of hydrogen-bond donors (Lipinski definition) is 1. The van der Waals surface area contributed by atoms with Gasteiger partial charge in [0, 0.05) is 0 Å². The number of piperidine rings is 1. The van der Waals surface area contributed by atoms with Crippen molar-refractivity contribution < 1.29 is 19.1 Å². The Balaban J connectivity index is 2.16. The Morgan fingerprint density at radius 1 is 1.33 bits per heavy atom. The summed E-state index contributed by atoms with van der Waals surface area (Å²) in [5.74, 6) is -0.701. The minimum Gasteiger partial charge on any atom is -0.465 e. The van der Waals surface area contributed by atoms with Crippen LogP contribution in [0, 0.1) is 0 Å². The van der Waals surface area contributed by atoms with Crippen molar-refractivity contribution in [3.8, 4) is 5.75 Å². The topological polar surface area (TPSA) is 81.9 Å². The maximum Gasteiger partial charge on any atom is 0.340 e. The molecule has 0 saturated carbocycles. The van der Waals surface area contributed by atoms with E-state index in [1.54, 1.807) is 12.1 Å². The zero-order chi connectivity index (χ0) is 15.4. The third-order valence-corrected chi connectivity index (χ3v) is 3.72. The summed E-state index contributed by atoms with van der Waals surface area (Å²) in [6.45, 7) is 0.872. The van der Waals surface area contributed by atoms with E-state index >= 15 is 0 Å². The van der Waals surface area contributed by atoms with Crippen molar-refractivity contribution in [3.63, 3.8) is 0 Å². The van der Waals surface area contributed by atoms with E-state index in [1.165, 1.54) is 13.2 Å². The number of ether oxygens (including phenoxy) is 2. The van der Waals surface area contributed by atoms with Crippen LogP contribution in [0.15, 0.2) is 18.2 Å². The molecule has 0 aromatic heterocycles. The third-order valence-electron chi connectivity index (χ3n) is 3.72. The van der Waals surface area contributed by atoms with Gasteiger partial charge in [-0.1, -0.05) is 12.5 Å². The second kappa shape index (κ2) is 6.58. The van der Waals surface area contributed by atoms with Gasteiger partial charge in [-0.25, -0.2) is 9.59 Å². The lowest BCUT2D eigenvalue weighted by Crippen LogP contribution is -2.44. The summed E-state index contributed by atoms with van der Waals surface area (Å²) in [5, 5.41) is 0. The Morgan fingerprint density at radius 3 is 2.76 bits per heavy atom. The van der Waals surface area contributed by atoms with Crippen LogP contribution in [0.3, 0.4) is 0 Å². The maximum absolute atomic E-state index is 12.2. The Morgan fingerprint density at radius 2 is 2.10 bits per heavy atom. The minimum absolute atomic E-state index is 0.121. The van der Waals surface area contributed by atoms with E-state index in [4.69, 9.17) is 10.5 Å². The zero-order valence-corrected chi connectivity index (χ0v) is 12.3. The standard InChI is InChI=1S/C15H20N2O4/c1-17-9-4-3-7-11(17)15(19)21-12-8-5-6-10(13(12)16)14(18)20-2/h5-6,8,11H,3-4,7,9,16H2,1-2H3. The number of para-hydroxylation sites is 1. The van der Waals surface area contributed by atoms with Gasteiger partial charge in [-0.2, -0.15) is 0 Å². The summed E-state index contributed by atoms with van der Waals surface area (Å²) in [4.78, 5) is 25.8. The first kappa shape index (κ1) is 15.3. The Labute approximate surface area is 123 Å². The molecule has 1 unspecified atom stereocenters. The largest absolute Gasteiger partial charge is 0.465 e. The zero-order valence-electron chi connectivity index (χ0n) is 12.3. The summed E-state index contributed by atoms with van der Waals surface area (Å²) >= 11 is 0. The maximum atomic E-state index is 12.2. The number of anilines is 1. The Kier molecular flexibility index (Phi) is 4.80. The van der Waals surface area contributed by atoms with Gasteiger partial charge in [0.25, 0.3) is 0 Å². The molecule has 0 aliphatic carbocycles. The highest BCUT2D eigenvalue weighted by molar-refractivity contribution is 5.97. The van der Waals surface area contributed by atoms with Crippen molar-refractivity contribution in [2.45, 2.75) is 25.3 Å². The van der Waals surface area contributed by atoms with Crippen LogP contribution in [-0.2, 0) is 9.53 Å². The molecule has 2 N–H and O–H groups in total. The smallest absolute Gasteiger partial charge is 0.340 e. The molecule has 2 rings (SSSR count). The Bertz CT molecular complexity index is 544. The molecule has 6 heteroatoms. The summed E-state index contributed by atoms with van der Waals surface area (Å²) in [7, 11) is 3.18. The quantitative estimate of drug-likeness (QED) is 0.516. The van der Waals surface area contributed by atoms with E-state index < -0.39 is 5.97 Å². The number of carbonyl (C=O) groups is 2. The minimum atomic E-state index is -0.555. The molecule has 1 saturated heterocycles. The second-order valence-corrected chi connectivity index (χ2v) is 5.12. The highest BCUT2D eigenvalue weighted by atomic mass is 16.5. The molecule has 0 spiro atoms. The number of hydrogen-bond acceptors (Lipinski definition) is 6. The van der Waals surface area contributed by atoms with Crippen molar-refractivity contribution in [3.05, 3.63) is 23.8 Å². The summed E-state index contributed by atoms with van der Waals surface area (Å²) in [6, 6.07) is 4.45. The van der Waals surface area contributed by atoms with Gasteiger partial charge in [0.15, 0.2) is 5.75 Å². The van der Waals surface area contributed by atoms with Crippen molar-refractivity contribution in [1.82, 2.24) is 4.90 Å². The van der Waals surface area contributed by atoms with Crippen molar-refractivity contribution in [2.75, 3.05) is 26.4 Å². The van der Waals surface area contributed by atoms with Gasteiger partial charge in [0.1, 0.15) is 6.04 Å². The molecule has 1 heterocycles. The fraction of sp³-hybridized carbons (Fsp3) is 0.467. The third kappa shape index (κ3) is 3.33. The van der Waals surface area contributed by atoms with Crippen LogP contribution in [0.5, 0.6) is 5.75 Å². The van der Waals surface area contributed by atoms with Crippen molar-refractivity contribution in [1.29, 1.82) is 0 Å². The molecular formula is C15H20N2O4. The van der Waals surface area contributed by atoms with E-state index in [2.05, 4.69) is 4.74 Å². The van der Waals surface area contributed by atoms with Gasteiger partial charge in [-0.3, -0.25) is 4.90 Å². The van der Waals surface area contributed by atoms with Crippen LogP contribution in [0.1, 0.15) is 29.6 Å². The molecule has 6 nitrogen and oxygen atoms in total. The lowest BCUT2D eigenvalue weighted by atomic mass is 10.0. The van der Waals surface area contributed by atoms with E-state index in [0.29, 0.717) is 0 Å². The fourth-order valence-electron chi connectivity index (χ4n) is 2.47. The molecule has 0 bridgehead atoms. The number of methoxy groups -OCH3 is 1. The van der Waals surface area contributed by atoms with Crippen LogP contribution in [0.4, 0.5) is 5.69 Å². The molecular weight excluding hydrogens is 272 g/mol. The fourth-order valence-corrected chi connectivity index (χ4v) is 2.47. The number of nitrogen functional groups attached to an aromatic ring is 1. The average Bonchev–Trinajstić information content (AvgIpc) is 2.49. The van der Waals surface area contributed by atoms with Crippen molar-refractivity contribution in [2.24, 2.45) is 0 Å². The average molecular weight is 292 g/mol. The number of likely N-dealkylation sites (tertiary alicyclic amines) is 1. The lowest BCUT2D eigenvalue weighted by Gasteiger charge is -2.30. The van der Waals surface area contributed by atoms with E-state index in [0.717, 1.165) is 25.8 Å². The first-order valence-electron chi connectivity index (χ1n) is 6.93. The molecule has 1 aromatic rings. The van der Waals surface area contributed by atoms with E-state index in [9.17, 15) is 9.59 Å². The number of benzene rings is 1. The number of nitrogens with zero attached hydrogens (tertiary/aromatic N) is 1. The van der Waals surface area contributed by atoms with Crippen LogP contribution in [0.25, 0.3) is 0 Å². The van der Waals surface area contributed by atoms with Gasteiger partial charge < -0.3 is 15.2 Å². The molecule has 1 aliphatic rings. The number of carbonyl (C=O) groups excluding carboxylic acids is 2. The number of nitrogens with two attached hydrogens (primary N) is 1. The molecule has 1 fully saturated rings. The number of rotatable bonds is 3. The van der Waals surface area contributed by atoms with Gasteiger partial charge in [-0.15, -0.1) is 0 Å². The Hall–Kier alpha value is -2.08.